The number of ether oxygens (including phenoxy) is 3. The van der Waals surface area contributed by atoms with Crippen molar-refractivity contribution in [1.29, 1.82) is 0 Å². The lowest BCUT2D eigenvalue weighted by Crippen LogP contribution is -2.33. The summed E-state index contributed by atoms with van der Waals surface area (Å²) >= 11 is 0. The van der Waals surface area contributed by atoms with Gasteiger partial charge < -0.3 is 19.3 Å². The summed E-state index contributed by atoms with van der Waals surface area (Å²) in [5.41, 5.74) is 1.06. The summed E-state index contributed by atoms with van der Waals surface area (Å²) in [6.07, 6.45) is 0.235. The minimum atomic E-state index is -0.793. The first-order valence-electron chi connectivity index (χ1n) is 7.46. The third-order valence-electron chi connectivity index (χ3n) is 3.34. The second-order valence-corrected chi connectivity index (χ2v) is 5.06. The highest BCUT2D eigenvalue weighted by Crippen LogP contribution is 2.19. The largest absolute Gasteiger partial charge is 0.497 e. The summed E-state index contributed by atoms with van der Waals surface area (Å²) in [5, 5.41) is 10.2. The number of methoxy groups -OCH3 is 1. The van der Waals surface area contributed by atoms with Crippen LogP contribution in [-0.4, -0.2) is 31.0 Å². The van der Waals surface area contributed by atoms with E-state index in [4.69, 9.17) is 14.2 Å². The Morgan fingerprint density at radius 2 is 1.70 bits per heavy atom. The van der Waals surface area contributed by atoms with Gasteiger partial charge >= 0.3 is 0 Å². The van der Waals surface area contributed by atoms with Crippen LogP contribution in [-0.2, 0) is 11.3 Å². The van der Waals surface area contributed by atoms with Crippen LogP contribution in [0.1, 0.15) is 5.56 Å². The van der Waals surface area contributed by atoms with Gasteiger partial charge in [-0.25, -0.2) is 0 Å². The Morgan fingerprint density at radius 1 is 1.04 bits per heavy atom. The first kappa shape index (κ1) is 17.1. The fourth-order valence-electron chi connectivity index (χ4n) is 2.06. The minimum Gasteiger partial charge on any atom is -0.497 e. The molecule has 2 aromatic rings. The van der Waals surface area contributed by atoms with Crippen molar-refractivity contribution in [3.05, 3.63) is 72.8 Å². The Balaban J connectivity index is 1.82. The molecule has 122 valence electrons. The zero-order chi connectivity index (χ0) is 16.5. The molecule has 0 bridgehead atoms. The molecule has 0 aromatic heterocycles. The Morgan fingerprint density at radius 3 is 2.30 bits per heavy atom. The van der Waals surface area contributed by atoms with Crippen LogP contribution >= 0.6 is 0 Å². The summed E-state index contributed by atoms with van der Waals surface area (Å²) in [7, 11) is 1.61. The van der Waals surface area contributed by atoms with E-state index < -0.39 is 12.2 Å². The molecule has 0 aliphatic rings. The average molecular weight is 314 g/mol. The Labute approximate surface area is 136 Å². The molecule has 0 aliphatic heterocycles. The van der Waals surface area contributed by atoms with Gasteiger partial charge in [-0.15, -0.1) is 0 Å². The molecule has 2 aromatic carbocycles. The fourth-order valence-corrected chi connectivity index (χ4v) is 2.06. The van der Waals surface area contributed by atoms with Gasteiger partial charge in [0, 0.05) is 0 Å². The Bertz CT molecular complexity index is 580. The molecule has 0 aliphatic carbocycles. The van der Waals surface area contributed by atoms with Crippen LogP contribution in [0.15, 0.2) is 67.3 Å². The minimum absolute atomic E-state index is 0.168. The van der Waals surface area contributed by atoms with Crippen molar-refractivity contribution in [2.45, 2.75) is 18.8 Å². The van der Waals surface area contributed by atoms with Crippen molar-refractivity contribution in [3.63, 3.8) is 0 Å². The van der Waals surface area contributed by atoms with Gasteiger partial charge in [0.2, 0.25) is 0 Å². The van der Waals surface area contributed by atoms with E-state index in [-0.39, 0.29) is 6.61 Å². The lowest BCUT2D eigenvalue weighted by molar-refractivity contribution is -0.0166. The van der Waals surface area contributed by atoms with E-state index in [1.807, 2.05) is 30.3 Å². The van der Waals surface area contributed by atoms with Gasteiger partial charge in [0.1, 0.15) is 23.7 Å². The summed E-state index contributed by atoms with van der Waals surface area (Å²) < 4.78 is 16.4. The van der Waals surface area contributed by atoms with Gasteiger partial charge in [0.05, 0.1) is 20.3 Å². The van der Waals surface area contributed by atoms with Crippen molar-refractivity contribution < 1.29 is 19.3 Å². The molecular formula is C19H22O4. The topological polar surface area (TPSA) is 47.9 Å². The zero-order valence-electron chi connectivity index (χ0n) is 13.2. The maximum Gasteiger partial charge on any atom is 0.145 e. The lowest BCUT2D eigenvalue weighted by Gasteiger charge is -2.21. The molecule has 0 spiro atoms. The van der Waals surface area contributed by atoms with Crippen LogP contribution in [0, 0.1) is 0 Å². The second-order valence-electron chi connectivity index (χ2n) is 5.06. The molecular weight excluding hydrogens is 292 g/mol. The van der Waals surface area contributed by atoms with E-state index in [1.54, 1.807) is 37.5 Å². The van der Waals surface area contributed by atoms with Crippen LogP contribution in [0.4, 0.5) is 0 Å². The normalized spacial score (nSPS) is 13.1. The number of rotatable bonds is 9. The van der Waals surface area contributed by atoms with Crippen molar-refractivity contribution in [2.75, 3.05) is 13.7 Å². The van der Waals surface area contributed by atoms with Crippen LogP contribution < -0.4 is 9.47 Å². The van der Waals surface area contributed by atoms with E-state index in [1.165, 1.54) is 0 Å². The molecule has 0 saturated carbocycles. The third-order valence-corrected chi connectivity index (χ3v) is 3.34. The van der Waals surface area contributed by atoms with Crippen molar-refractivity contribution in [1.82, 2.24) is 0 Å². The predicted octanol–water partition coefficient (Wildman–Crippen LogP) is 3.21. The number of hydrogen-bond donors (Lipinski definition) is 1. The quantitative estimate of drug-likeness (QED) is 0.722. The second kappa shape index (κ2) is 8.98. The summed E-state index contributed by atoms with van der Waals surface area (Å²) in [6.45, 7) is 4.33. The average Bonchev–Trinajstić information content (AvgIpc) is 2.61. The molecule has 0 heterocycles. The first-order valence-corrected chi connectivity index (χ1v) is 7.46. The van der Waals surface area contributed by atoms with E-state index in [2.05, 4.69) is 6.58 Å². The molecule has 0 saturated heterocycles. The molecule has 1 N–H and O–H groups in total. The van der Waals surface area contributed by atoms with Gasteiger partial charge in [-0.2, -0.15) is 0 Å². The highest BCUT2D eigenvalue weighted by Gasteiger charge is 2.18. The van der Waals surface area contributed by atoms with Gasteiger partial charge in [-0.3, -0.25) is 0 Å². The van der Waals surface area contributed by atoms with Crippen molar-refractivity contribution in [2.24, 2.45) is 0 Å². The van der Waals surface area contributed by atoms with Crippen molar-refractivity contribution >= 4 is 0 Å². The Hall–Kier alpha value is -2.30. The SMILES string of the molecule is C=C[C@H](Oc1ccc(OC)cc1)[C@@H](O)COCc1ccccc1. The van der Waals surface area contributed by atoms with Gasteiger partial charge in [0.25, 0.3) is 0 Å². The van der Waals surface area contributed by atoms with E-state index in [0.29, 0.717) is 12.4 Å². The monoisotopic (exact) mass is 314 g/mol. The van der Waals surface area contributed by atoms with E-state index in [0.717, 1.165) is 11.3 Å². The predicted molar refractivity (Wildman–Crippen MR) is 89.7 cm³/mol. The molecule has 4 heteroatoms. The maximum atomic E-state index is 10.2. The fraction of sp³-hybridized carbons (Fsp3) is 0.263. The van der Waals surface area contributed by atoms with Gasteiger partial charge in [0.15, 0.2) is 0 Å². The first-order chi connectivity index (χ1) is 11.2. The molecule has 23 heavy (non-hydrogen) atoms. The standard InChI is InChI=1S/C19H22O4/c1-3-19(23-17-11-9-16(21-2)10-12-17)18(20)14-22-13-15-7-5-4-6-8-15/h3-12,18-20H,1,13-14H2,2H3/t18-,19-/m0/s1. The molecule has 0 radical (unpaired) electrons. The molecule has 0 amide bonds. The molecule has 0 unspecified atom stereocenters. The zero-order valence-corrected chi connectivity index (χ0v) is 13.2. The van der Waals surface area contributed by atoms with Crippen LogP contribution in [0.2, 0.25) is 0 Å². The lowest BCUT2D eigenvalue weighted by atomic mass is 10.2. The van der Waals surface area contributed by atoms with Crippen molar-refractivity contribution in [3.8, 4) is 11.5 Å². The maximum absolute atomic E-state index is 10.2. The Kier molecular flexibility index (Phi) is 6.66. The highest BCUT2D eigenvalue weighted by atomic mass is 16.5. The molecule has 4 nitrogen and oxygen atoms in total. The van der Waals surface area contributed by atoms with E-state index >= 15 is 0 Å². The molecule has 2 rings (SSSR count). The molecule has 2 atom stereocenters. The number of aliphatic hydroxyl groups excluding tert-OH is 1. The summed E-state index contributed by atoms with van der Waals surface area (Å²) in [4.78, 5) is 0. The van der Waals surface area contributed by atoms with Crippen LogP contribution in [0.3, 0.4) is 0 Å². The smallest absolute Gasteiger partial charge is 0.145 e. The van der Waals surface area contributed by atoms with Crippen LogP contribution in [0.5, 0.6) is 11.5 Å². The summed E-state index contributed by atoms with van der Waals surface area (Å²) in [6, 6.07) is 17.0. The van der Waals surface area contributed by atoms with E-state index in [9.17, 15) is 5.11 Å². The molecule has 0 fully saturated rings. The van der Waals surface area contributed by atoms with Gasteiger partial charge in [-0.1, -0.05) is 36.9 Å². The number of aliphatic hydroxyl groups is 1. The number of hydrogen-bond acceptors (Lipinski definition) is 4. The highest BCUT2D eigenvalue weighted by molar-refractivity contribution is 5.31. The van der Waals surface area contributed by atoms with Gasteiger partial charge in [-0.05, 0) is 35.9 Å². The third kappa shape index (κ3) is 5.43. The summed E-state index contributed by atoms with van der Waals surface area (Å²) in [5.74, 6) is 1.39. The van der Waals surface area contributed by atoms with Crippen LogP contribution in [0.25, 0.3) is 0 Å². The number of benzene rings is 2.